The van der Waals surface area contributed by atoms with Crippen LogP contribution in [0.4, 0.5) is 0 Å². The first-order valence-electron chi connectivity index (χ1n) is 9.96. The molecule has 3 aromatic rings. The standard InChI is InChI=1S/C21H21N3O5S/c25-19(23-6-2-1-3-7-23)12-30-21-22-16-10-18-17(28-13-29-18)9-15(16)20(26)24(21)11-14-5-4-8-27-14/h4-5,8-10H,1-3,6-7,11-13H2. The van der Waals surface area contributed by atoms with Gasteiger partial charge in [0, 0.05) is 19.2 Å². The van der Waals surface area contributed by atoms with E-state index in [9.17, 15) is 9.59 Å². The molecule has 1 amide bonds. The number of nitrogens with zero attached hydrogens (tertiary/aromatic N) is 3. The molecule has 0 unspecified atom stereocenters. The van der Waals surface area contributed by atoms with E-state index in [1.807, 2.05) is 11.0 Å². The molecule has 1 fully saturated rings. The monoisotopic (exact) mass is 427 g/mol. The first-order chi connectivity index (χ1) is 14.7. The number of amides is 1. The first-order valence-corrected chi connectivity index (χ1v) is 10.9. The van der Waals surface area contributed by atoms with Crippen LogP contribution in [0.1, 0.15) is 25.0 Å². The number of thioether (sulfide) groups is 1. The largest absolute Gasteiger partial charge is 0.467 e. The van der Waals surface area contributed by atoms with Crippen LogP contribution >= 0.6 is 11.8 Å². The van der Waals surface area contributed by atoms with E-state index in [4.69, 9.17) is 13.9 Å². The second-order valence-corrected chi connectivity index (χ2v) is 8.26. The number of rotatable bonds is 5. The van der Waals surface area contributed by atoms with Crippen LogP contribution in [0.2, 0.25) is 0 Å². The molecule has 156 valence electrons. The van der Waals surface area contributed by atoms with Gasteiger partial charge in [-0.05, 0) is 37.5 Å². The summed E-state index contributed by atoms with van der Waals surface area (Å²) in [6.07, 6.45) is 4.82. The zero-order valence-corrected chi connectivity index (χ0v) is 17.2. The minimum absolute atomic E-state index is 0.0734. The molecule has 8 nitrogen and oxygen atoms in total. The third kappa shape index (κ3) is 3.65. The maximum atomic E-state index is 13.3. The predicted molar refractivity (Wildman–Crippen MR) is 111 cm³/mol. The lowest BCUT2D eigenvalue weighted by molar-refractivity contribution is -0.129. The number of hydrogen-bond donors (Lipinski definition) is 0. The summed E-state index contributed by atoms with van der Waals surface area (Å²) in [5, 5.41) is 0.922. The summed E-state index contributed by atoms with van der Waals surface area (Å²) in [7, 11) is 0. The van der Waals surface area contributed by atoms with Gasteiger partial charge in [0.2, 0.25) is 12.7 Å². The number of furan rings is 1. The molecule has 0 saturated carbocycles. The Morgan fingerprint density at radius 2 is 1.93 bits per heavy atom. The molecule has 5 rings (SSSR count). The number of aromatic nitrogens is 2. The molecule has 0 radical (unpaired) electrons. The molecule has 9 heteroatoms. The lowest BCUT2D eigenvalue weighted by Gasteiger charge is -2.26. The van der Waals surface area contributed by atoms with Gasteiger partial charge in [0.15, 0.2) is 16.7 Å². The minimum Gasteiger partial charge on any atom is -0.467 e. The molecule has 0 atom stereocenters. The van der Waals surface area contributed by atoms with E-state index in [1.165, 1.54) is 18.2 Å². The van der Waals surface area contributed by atoms with Gasteiger partial charge in [-0.25, -0.2) is 4.98 Å². The normalized spacial score (nSPS) is 15.7. The van der Waals surface area contributed by atoms with Crippen LogP contribution in [0.25, 0.3) is 10.9 Å². The number of ether oxygens (including phenoxy) is 2. The summed E-state index contributed by atoms with van der Waals surface area (Å²) in [5.74, 6) is 2.05. The zero-order valence-electron chi connectivity index (χ0n) is 16.3. The average Bonchev–Trinajstić information content (AvgIpc) is 3.45. The smallest absolute Gasteiger partial charge is 0.262 e. The Morgan fingerprint density at radius 1 is 1.13 bits per heavy atom. The van der Waals surface area contributed by atoms with Crippen molar-refractivity contribution in [3.63, 3.8) is 0 Å². The van der Waals surface area contributed by atoms with Crippen LogP contribution in [0.15, 0.2) is 44.9 Å². The van der Waals surface area contributed by atoms with Crippen LogP contribution in [0.3, 0.4) is 0 Å². The number of carbonyl (C=O) groups excluding carboxylic acids is 1. The third-order valence-electron chi connectivity index (χ3n) is 5.34. The van der Waals surface area contributed by atoms with Crippen LogP contribution < -0.4 is 15.0 Å². The van der Waals surface area contributed by atoms with Crippen LogP contribution in [-0.2, 0) is 11.3 Å². The van der Waals surface area contributed by atoms with E-state index in [2.05, 4.69) is 4.98 Å². The number of likely N-dealkylation sites (tertiary alicyclic amines) is 1. The molecule has 0 spiro atoms. The van der Waals surface area contributed by atoms with Crippen molar-refractivity contribution in [1.29, 1.82) is 0 Å². The molecule has 4 heterocycles. The molecule has 2 aromatic heterocycles. The molecular formula is C21H21N3O5S. The van der Waals surface area contributed by atoms with Crippen molar-refractivity contribution in [2.75, 3.05) is 25.6 Å². The highest BCUT2D eigenvalue weighted by Gasteiger charge is 2.21. The third-order valence-corrected chi connectivity index (χ3v) is 6.30. The van der Waals surface area contributed by atoms with Gasteiger partial charge in [-0.15, -0.1) is 0 Å². The van der Waals surface area contributed by atoms with Gasteiger partial charge in [-0.1, -0.05) is 11.8 Å². The molecule has 1 saturated heterocycles. The highest BCUT2D eigenvalue weighted by molar-refractivity contribution is 7.99. The van der Waals surface area contributed by atoms with Gasteiger partial charge >= 0.3 is 0 Å². The molecule has 0 bridgehead atoms. The van der Waals surface area contributed by atoms with Crippen molar-refractivity contribution < 1.29 is 18.7 Å². The van der Waals surface area contributed by atoms with Crippen LogP contribution in [0, 0.1) is 0 Å². The number of benzene rings is 1. The SMILES string of the molecule is O=C(CSc1nc2cc3c(cc2c(=O)n1Cc1ccco1)OCO3)N1CCCCC1. The topological polar surface area (TPSA) is 86.8 Å². The molecular weight excluding hydrogens is 406 g/mol. The quantitative estimate of drug-likeness (QED) is 0.457. The summed E-state index contributed by atoms with van der Waals surface area (Å²) >= 11 is 1.28. The summed E-state index contributed by atoms with van der Waals surface area (Å²) in [4.78, 5) is 32.5. The van der Waals surface area contributed by atoms with Crippen LogP contribution in [0.5, 0.6) is 11.5 Å². The molecule has 1 aromatic carbocycles. The van der Waals surface area contributed by atoms with Crippen molar-refractivity contribution in [3.8, 4) is 11.5 Å². The van der Waals surface area contributed by atoms with Crippen molar-refractivity contribution in [2.24, 2.45) is 0 Å². The van der Waals surface area contributed by atoms with Crippen molar-refractivity contribution in [2.45, 2.75) is 31.0 Å². The Bertz CT molecular complexity index is 1140. The molecule has 2 aliphatic heterocycles. The minimum atomic E-state index is -0.206. The maximum absolute atomic E-state index is 13.3. The lowest BCUT2D eigenvalue weighted by atomic mass is 10.1. The van der Waals surface area contributed by atoms with Gasteiger partial charge in [0.05, 0.1) is 29.5 Å². The molecule has 0 N–H and O–H groups in total. The number of fused-ring (bicyclic) bond motifs is 2. The summed E-state index contributed by atoms with van der Waals surface area (Å²) in [6.45, 7) is 1.96. The molecule has 30 heavy (non-hydrogen) atoms. The Balaban J connectivity index is 1.50. The van der Waals surface area contributed by atoms with E-state index >= 15 is 0 Å². The lowest BCUT2D eigenvalue weighted by Crippen LogP contribution is -2.37. The second-order valence-electron chi connectivity index (χ2n) is 7.32. The van der Waals surface area contributed by atoms with Crippen LogP contribution in [-0.4, -0.2) is 46.0 Å². The number of hydrogen-bond acceptors (Lipinski definition) is 7. The van der Waals surface area contributed by atoms with Gasteiger partial charge in [-0.2, -0.15) is 0 Å². The van der Waals surface area contributed by atoms with E-state index in [-0.39, 0.29) is 30.6 Å². The number of piperidine rings is 1. The first kappa shape index (κ1) is 19.0. The Morgan fingerprint density at radius 3 is 2.70 bits per heavy atom. The fourth-order valence-corrected chi connectivity index (χ4v) is 4.66. The molecule has 2 aliphatic rings. The molecule has 0 aliphatic carbocycles. The fraction of sp³-hybridized carbons (Fsp3) is 0.381. The Hall–Kier alpha value is -2.94. The average molecular weight is 427 g/mol. The predicted octanol–water partition coefficient (Wildman–Crippen LogP) is 2.87. The van der Waals surface area contributed by atoms with E-state index in [1.54, 1.807) is 29.0 Å². The van der Waals surface area contributed by atoms with Crippen molar-refractivity contribution >= 4 is 28.6 Å². The summed E-state index contributed by atoms with van der Waals surface area (Å²) in [5.41, 5.74) is 0.315. The highest BCUT2D eigenvalue weighted by Crippen LogP contribution is 2.35. The van der Waals surface area contributed by atoms with Gasteiger partial charge in [0.25, 0.3) is 5.56 Å². The van der Waals surface area contributed by atoms with Crippen molar-refractivity contribution in [3.05, 3.63) is 46.6 Å². The van der Waals surface area contributed by atoms with Gasteiger partial charge < -0.3 is 18.8 Å². The van der Waals surface area contributed by atoms with E-state index in [0.29, 0.717) is 33.3 Å². The Labute approximate surface area is 176 Å². The maximum Gasteiger partial charge on any atom is 0.262 e. The van der Waals surface area contributed by atoms with E-state index < -0.39 is 0 Å². The number of carbonyl (C=O) groups is 1. The highest BCUT2D eigenvalue weighted by atomic mass is 32.2. The fourth-order valence-electron chi connectivity index (χ4n) is 3.76. The van der Waals surface area contributed by atoms with Gasteiger partial charge in [0.1, 0.15) is 5.76 Å². The summed E-state index contributed by atoms with van der Waals surface area (Å²) < 4.78 is 17.8. The zero-order chi connectivity index (χ0) is 20.5. The second kappa shape index (κ2) is 8.06. The van der Waals surface area contributed by atoms with Crippen molar-refractivity contribution in [1.82, 2.24) is 14.5 Å². The van der Waals surface area contributed by atoms with E-state index in [0.717, 1.165) is 25.9 Å². The summed E-state index contributed by atoms with van der Waals surface area (Å²) in [6, 6.07) is 6.97. The Kier molecular flexibility index (Phi) is 5.12. The van der Waals surface area contributed by atoms with Gasteiger partial charge in [-0.3, -0.25) is 14.2 Å².